The maximum absolute atomic E-state index is 10.9. The number of nitrogens with zero attached hydrogens (tertiary/aromatic N) is 3. The molecule has 0 saturated carbocycles. The van der Waals surface area contributed by atoms with Crippen molar-refractivity contribution in [2.24, 2.45) is 0 Å². The number of aromatic hydroxyl groups is 1. The molecule has 1 aliphatic carbocycles. The van der Waals surface area contributed by atoms with Crippen LogP contribution in [0.25, 0.3) is 94.7 Å². The minimum absolute atomic E-state index is 0. The van der Waals surface area contributed by atoms with Gasteiger partial charge in [0.15, 0.2) is 0 Å². The Morgan fingerprint density at radius 1 is 0.604 bits per heavy atom. The zero-order valence-corrected chi connectivity index (χ0v) is 30.4. The fraction of sp³-hybridized carbons (Fsp3) is 0.0435. The number of para-hydroxylation sites is 1. The quantitative estimate of drug-likeness (QED) is 0.178. The van der Waals surface area contributed by atoms with Crippen LogP contribution >= 0.6 is 0 Å². The van der Waals surface area contributed by atoms with Gasteiger partial charge in [0, 0.05) is 49.3 Å². The predicted octanol–water partition coefficient (Wildman–Crippen LogP) is 11.3. The first kappa shape index (κ1) is 31.5. The van der Waals surface area contributed by atoms with Crippen LogP contribution in [0.15, 0.2) is 148 Å². The first-order chi connectivity index (χ1) is 25.7. The van der Waals surface area contributed by atoms with Gasteiger partial charge in [0.05, 0.1) is 28.5 Å². The van der Waals surface area contributed by atoms with Crippen molar-refractivity contribution >= 4 is 43.9 Å². The van der Waals surface area contributed by atoms with E-state index in [1.807, 2.05) is 66.9 Å². The van der Waals surface area contributed by atoms with Crippen LogP contribution in [0.1, 0.15) is 11.1 Å². The molecule has 6 nitrogen and oxygen atoms in total. The van der Waals surface area contributed by atoms with Gasteiger partial charge in [-0.05, 0) is 82.9 Å². The summed E-state index contributed by atoms with van der Waals surface area (Å²) < 4.78 is 14.8. The van der Waals surface area contributed by atoms with Gasteiger partial charge in [0.1, 0.15) is 22.5 Å². The molecule has 1 aliphatic rings. The number of hydrogen-bond acceptors (Lipinski definition) is 5. The molecule has 0 atom stereocenters. The third-order valence-electron chi connectivity index (χ3n) is 10.4. The van der Waals surface area contributed by atoms with Crippen LogP contribution in [0.3, 0.4) is 0 Å². The van der Waals surface area contributed by atoms with E-state index in [1.165, 1.54) is 0 Å². The Kier molecular flexibility index (Phi) is 7.24. The summed E-state index contributed by atoms with van der Waals surface area (Å²) in [6.07, 6.45) is 3.78. The Labute approximate surface area is 318 Å². The molecular formula is C46H28N3O3Pt-. The Hall–Kier alpha value is -6.23. The number of benzene rings is 6. The van der Waals surface area contributed by atoms with Crippen molar-refractivity contribution in [2.45, 2.75) is 12.8 Å². The third-order valence-corrected chi connectivity index (χ3v) is 10.4. The summed E-state index contributed by atoms with van der Waals surface area (Å²) in [5.74, 6) is 0.960. The van der Waals surface area contributed by atoms with Gasteiger partial charge in [-0.2, -0.15) is 0 Å². The van der Waals surface area contributed by atoms with Crippen LogP contribution in [0.4, 0.5) is 0 Å². The molecule has 4 heterocycles. The standard InChI is InChI=1S/C46H28N3O3.Pt/c50-38-13-6-10-28-16-17-29-18-21-36(47-45(29)43(28)38)37-26-49(31-20-23-40-34(25-31)32-11-4-5-14-39(32)51-40)46(48-37)33-12-7-15-42-44(33)35-24-30(19-22-41(35)52-42)27-8-2-1-3-9-27;/h1-11,13-15,18-26,50H,16-17H2;/q-1;. The molecule has 0 radical (unpaired) electrons. The normalized spacial score (nSPS) is 12.3. The van der Waals surface area contributed by atoms with Crippen LogP contribution in [-0.4, -0.2) is 19.6 Å². The van der Waals surface area contributed by atoms with Gasteiger partial charge in [-0.15, -0.1) is 12.1 Å². The molecule has 10 aromatic rings. The third kappa shape index (κ3) is 4.97. The number of pyridine rings is 1. The van der Waals surface area contributed by atoms with Gasteiger partial charge in [-0.25, -0.2) is 4.98 Å². The average molecular weight is 866 g/mol. The van der Waals surface area contributed by atoms with Crippen molar-refractivity contribution in [3.05, 3.63) is 157 Å². The van der Waals surface area contributed by atoms with E-state index in [9.17, 15) is 5.11 Å². The van der Waals surface area contributed by atoms with Crippen molar-refractivity contribution in [3.63, 3.8) is 0 Å². The molecule has 0 saturated heterocycles. The molecule has 53 heavy (non-hydrogen) atoms. The number of rotatable bonds is 4. The maximum Gasteiger partial charge on any atom is 0.135 e. The van der Waals surface area contributed by atoms with Crippen LogP contribution in [0.5, 0.6) is 5.75 Å². The summed E-state index contributed by atoms with van der Waals surface area (Å²) in [6.45, 7) is 0. The fourth-order valence-corrected chi connectivity index (χ4v) is 7.88. The monoisotopic (exact) mass is 865 g/mol. The predicted molar refractivity (Wildman–Crippen MR) is 206 cm³/mol. The Morgan fingerprint density at radius 3 is 2.32 bits per heavy atom. The molecule has 0 amide bonds. The van der Waals surface area contributed by atoms with Gasteiger partial charge in [-0.3, -0.25) is 4.98 Å². The fourth-order valence-electron chi connectivity index (χ4n) is 7.88. The van der Waals surface area contributed by atoms with Gasteiger partial charge < -0.3 is 18.5 Å². The molecule has 0 bridgehead atoms. The second kappa shape index (κ2) is 12.2. The molecule has 11 rings (SSSR count). The number of phenols is 1. The molecule has 0 aliphatic heterocycles. The van der Waals surface area contributed by atoms with Crippen LogP contribution < -0.4 is 0 Å². The first-order valence-corrected chi connectivity index (χ1v) is 17.4. The Morgan fingerprint density at radius 2 is 1.40 bits per heavy atom. The van der Waals surface area contributed by atoms with Crippen molar-refractivity contribution in [3.8, 4) is 56.6 Å². The van der Waals surface area contributed by atoms with E-state index < -0.39 is 0 Å². The van der Waals surface area contributed by atoms with E-state index in [0.29, 0.717) is 11.5 Å². The van der Waals surface area contributed by atoms with Crippen molar-refractivity contribution in [2.75, 3.05) is 0 Å². The zero-order valence-electron chi connectivity index (χ0n) is 28.1. The van der Waals surface area contributed by atoms with Crippen LogP contribution in [0.2, 0.25) is 0 Å². The summed E-state index contributed by atoms with van der Waals surface area (Å²) in [7, 11) is 0. The molecule has 6 aromatic carbocycles. The minimum atomic E-state index is 0. The summed E-state index contributed by atoms with van der Waals surface area (Å²) in [6, 6.07) is 48.4. The number of hydrogen-bond donors (Lipinski definition) is 1. The molecule has 0 spiro atoms. The summed E-state index contributed by atoms with van der Waals surface area (Å²) in [4.78, 5) is 10.5. The molecule has 256 valence electrons. The second-order valence-corrected chi connectivity index (χ2v) is 13.4. The van der Waals surface area contributed by atoms with Crippen molar-refractivity contribution < 1.29 is 35.0 Å². The van der Waals surface area contributed by atoms with Gasteiger partial charge in [0.25, 0.3) is 0 Å². The van der Waals surface area contributed by atoms with E-state index in [-0.39, 0.29) is 26.8 Å². The molecule has 0 fully saturated rings. The van der Waals surface area contributed by atoms with Gasteiger partial charge >= 0.3 is 0 Å². The molecule has 0 unspecified atom stereocenters. The first-order valence-electron chi connectivity index (χ1n) is 17.4. The number of phenolic OH excluding ortho intramolecular Hbond substituents is 1. The largest absolute Gasteiger partial charge is 0.507 e. The number of aryl methyl sites for hydroxylation is 2. The van der Waals surface area contributed by atoms with E-state index in [4.69, 9.17) is 18.8 Å². The molecule has 7 heteroatoms. The smallest absolute Gasteiger partial charge is 0.135 e. The van der Waals surface area contributed by atoms with Gasteiger partial charge in [0.2, 0.25) is 0 Å². The van der Waals surface area contributed by atoms with Crippen LogP contribution in [-0.2, 0) is 33.9 Å². The average Bonchev–Trinajstić information content (AvgIpc) is 3.91. The van der Waals surface area contributed by atoms with E-state index in [1.54, 1.807) is 6.07 Å². The zero-order chi connectivity index (χ0) is 34.3. The number of furan rings is 2. The molecule has 1 N–H and O–H groups in total. The minimum Gasteiger partial charge on any atom is -0.507 e. The van der Waals surface area contributed by atoms with Crippen molar-refractivity contribution in [1.29, 1.82) is 0 Å². The number of aromatic nitrogens is 3. The maximum atomic E-state index is 10.9. The topological polar surface area (TPSA) is 77.2 Å². The van der Waals surface area contributed by atoms with Crippen molar-refractivity contribution in [1.82, 2.24) is 14.5 Å². The Bertz CT molecular complexity index is 3050. The van der Waals surface area contributed by atoms with E-state index in [0.717, 1.165) is 107 Å². The molecule has 4 aromatic heterocycles. The van der Waals surface area contributed by atoms with E-state index >= 15 is 0 Å². The number of imidazole rings is 1. The van der Waals surface area contributed by atoms with Gasteiger partial charge in [-0.1, -0.05) is 95.9 Å². The summed E-state index contributed by atoms with van der Waals surface area (Å²) in [5.41, 5.74) is 12.5. The SMILES string of the molecule is Oc1cccc2c1-c1nc(-c3cn(-c4ccc5oc6ccccc6c5c4)c(-c4[c-]ccc5oc6ccc(-c7ccccc7)cc6c45)n3)ccc1CC2.[Pt]. The second-order valence-electron chi connectivity index (χ2n) is 13.4. The molecular weight excluding hydrogens is 838 g/mol. The van der Waals surface area contributed by atoms with E-state index in [2.05, 4.69) is 77.4 Å². The summed E-state index contributed by atoms with van der Waals surface area (Å²) >= 11 is 0. The number of fused-ring (bicyclic) bond motifs is 9. The Balaban J connectivity index is 0.00000349. The summed E-state index contributed by atoms with van der Waals surface area (Å²) in [5, 5.41) is 15.0. The van der Waals surface area contributed by atoms with Crippen LogP contribution in [0, 0.1) is 6.07 Å².